The van der Waals surface area contributed by atoms with Gasteiger partial charge in [-0.1, -0.05) is 6.92 Å². The molecule has 4 fully saturated rings. The molecule has 0 aromatic carbocycles. The topological polar surface area (TPSA) is 40.5 Å². The largest absolute Gasteiger partial charge is 0.368 e. The number of hydrogen-bond donors (Lipinski definition) is 2. The molecule has 104 valence electrons. The maximum atomic E-state index is 9.44. The van der Waals surface area contributed by atoms with Gasteiger partial charge in [0.05, 0.1) is 0 Å². The van der Waals surface area contributed by atoms with Crippen LogP contribution in [0, 0.1) is 29.1 Å². The van der Waals surface area contributed by atoms with Crippen LogP contribution in [-0.2, 0) is 39.0 Å². The van der Waals surface area contributed by atoms with E-state index in [-0.39, 0.29) is 50.3 Å². The van der Waals surface area contributed by atoms with Crippen LogP contribution in [-0.4, -0.2) is 16.5 Å². The van der Waals surface area contributed by atoms with E-state index in [1.54, 1.807) is 0 Å². The first-order chi connectivity index (χ1) is 7.09. The smallest absolute Gasteiger partial charge is 0.154 e. The summed E-state index contributed by atoms with van der Waals surface area (Å²) in [6.45, 7) is 2.04. The minimum absolute atomic E-state index is 0. The van der Waals surface area contributed by atoms with E-state index in [0.717, 1.165) is 17.8 Å². The van der Waals surface area contributed by atoms with Crippen molar-refractivity contribution in [3.05, 3.63) is 0 Å². The van der Waals surface area contributed by atoms with Gasteiger partial charge in [-0.05, 0) is 61.7 Å². The maximum absolute atomic E-state index is 9.44. The van der Waals surface area contributed by atoms with Gasteiger partial charge in [0.25, 0.3) is 0 Å². The molecule has 17 heavy (non-hydrogen) atoms. The summed E-state index contributed by atoms with van der Waals surface area (Å²) in [4.78, 5) is 0. The molecule has 4 aliphatic rings. The fourth-order valence-electron chi connectivity index (χ4n) is 5.05. The number of aliphatic hydroxyl groups excluding tert-OH is 1. The van der Waals surface area contributed by atoms with Crippen LogP contribution in [0.1, 0.15) is 45.4 Å². The molecular weight excluding hydrogens is 394 g/mol. The van der Waals surface area contributed by atoms with Gasteiger partial charge in [-0.3, -0.25) is 0 Å². The van der Waals surface area contributed by atoms with Gasteiger partial charge in [-0.25, -0.2) is 0 Å². The van der Waals surface area contributed by atoms with Crippen molar-refractivity contribution in [2.75, 3.05) is 0 Å². The Bertz CT molecular complexity index is 233. The summed E-state index contributed by atoms with van der Waals surface area (Å²) in [6, 6.07) is 0. The minimum Gasteiger partial charge on any atom is -0.368 e. The van der Waals surface area contributed by atoms with Crippen molar-refractivity contribution in [1.29, 1.82) is 0 Å². The Kier molecular flexibility index (Phi) is 5.40. The molecule has 1 atom stereocenters. The third-order valence-corrected chi connectivity index (χ3v) is 5.50. The Morgan fingerprint density at radius 3 is 1.53 bits per heavy atom. The van der Waals surface area contributed by atoms with Crippen LogP contribution in [0.3, 0.4) is 0 Å². The zero-order valence-corrected chi connectivity index (χ0v) is 13.5. The molecule has 0 aromatic heterocycles. The maximum Gasteiger partial charge on any atom is 0.154 e. The van der Waals surface area contributed by atoms with Gasteiger partial charge in [0.2, 0.25) is 0 Å². The summed E-state index contributed by atoms with van der Waals surface area (Å²) in [7, 11) is 0. The summed E-state index contributed by atoms with van der Waals surface area (Å²) in [5.74, 6) is 2.78. The summed E-state index contributed by atoms with van der Waals surface area (Å²) in [5.41, 5.74) is 0.281. The van der Waals surface area contributed by atoms with Gasteiger partial charge in [0, 0.05) is 44.9 Å². The van der Waals surface area contributed by atoms with Crippen molar-refractivity contribution < 1.29 is 49.2 Å². The standard InChI is InChI=1S/C13H22O2.2Rh/c1-8(12(14)15)13-5-9-2-10(6-13)4-11(3-9)7-13;;/h8-12,14-15H,2-7H2,1H3;;. The van der Waals surface area contributed by atoms with Crippen LogP contribution in [0.4, 0.5) is 0 Å². The first-order valence-corrected chi connectivity index (χ1v) is 6.45. The normalized spacial score (nSPS) is 44.1. The zero-order valence-electron chi connectivity index (χ0n) is 10.2. The minimum atomic E-state index is -1.11. The van der Waals surface area contributed by atoms with Crippen molar-refractivity contribution in [1.82, 2.24) is 0 Å². The molecule has 4 rings (SSSR count). The van der Waals surface area contributed by atoms with Gasteiger partial charge in [0.1, 0.15) is 0 Å². The molecule has 0 saturated heterocycles. The van der Waals surface area contributed by atoms with Crippen LogP contribution in [0.15, 0.2) is 0 Å². The van der Waals surface area contributed by atoms with Gasteiger partial charge in [-0.15, -0.1) is 0 Å². The summed E-state index contributed by atoms with van der Waals surface area (Å²) < 4.78 is 0. The predicted octanol–water partition coefficient (Wildman–Crippen LogP) is 2.14. The molecule has 2 radical (unpaired) electrons. The van der Waals surface area contributed by atoms with Crippen molar-refractivity contribution in [2.45, 2.75) is 51.7 Å². The van der Waals surface area contributed by atoms with E-state index in [2.05, 4.69) is 0 Å². The number of aliphatic hydroxyl groups is 2. The first kappa shape index (κ1) is 16.2. The molecule has 0 aliphatic heterocycles. The third-order valence-electron chi connectivity index (χ3n) is 5.50. The van der Waals surface area contributed by atoms with Crippen LogP contribution in [0.5, 0.6) is 0 Å². The average molecular weight is 416 g/mol. The number of hydrogen-bond acceptors (Lipinski definition) is 2. The van der Waals surface area contributed by atoms with Crippen molar-refractivity contribution in [2.24, 2.45) is 29.1 Å². The van der Waals surface area contributed by atoms with Gasteiger partial charge in [-0.2, -0.15) is 0 Å². The second kappa shape index (κ2) is 5.66. The SMILES string of the molecule is CC(C(O)O)C12CC3CC(CC(C3)C1)C2.[Rh].[Rh]. The molecule has 4 saturated carbocycles. The fourth-order valence-corrected chi connectivity index (χ4v) is 5.05. The van der Waals surface area contributed by atoms with Crippen LogP contribution < -0.4 is 0 Å². The van der Waals surface area contributed by atoms with E-state index >= 15 is 0 Å². The summed E-state index contributed by atoms with van der Waals surface area (Å²) in [5, 5.41) is 18.9. The van der Waals surface area contributed by atoms with E-state index in [9.17, 15) is 10.2 Å². The van der Waals surface area contributed by atoms with Crippen LogP contribution in [0.2, 0.25) is 0 Å². The molecule has 4 bridgehead atoms. The van der Waals surface area contributed by atoms with Crippen molar-refractivity contribution in [3.8, 4) is 0 Å². The van der Waals surface area contributed by atoms with E-state index in [1.807, 2.05) is 6.92 Å². The van der Waals surface area contributed by atoms with Gasteiger partial charge in [0.15, 0.2) is 6.29 Å². The Morgan fingerprint density at radius 1 is 0.882 bits per heavy atom. The van der Waals surface area contributed by atoms with Gasteiger partial charge < -0.3 is 10.2 Å². The van der Waals surface area contributed by atoms with Crippen molar-refractivity contribution >= 4 is 0 Å². The Morgan fingerprint density at radius 2 is 1.24 bits per heavy atom. The second-order valence-corrected chi connectivity index (χ2v) is 6.48. The Hall–Kier alpha value is 1.17. The molecule has 1 unspecified atom stereocenters. The van der Waals surface area contributed by atoms with E-state index in [4.69, 9.17) is 0 Å². The monoisotopic (exact) mass is 416 g/mol. The Balaban J connectivity index is 0.000000722. The molecule has 0 heterocycles. The van der Waals surface area contributed by atoms with E-state index < -0.39 is 6.29 Å². The van der Waals surface area contributed by atoms with Crippen LogP contribution >= 0.6 is 0 Å². The van der Waals surface area contributed by atoms with E-state index in [0.29, 0.717) is 0 Å². The first-order valence-electron chi connectivity index (χ1n) is 6.45. The second-order valence-electron chi connectivity index (χ2n) is 6.48. The third kappa shape index (κ3) is 2.71. The van der Waals surface area contributed by atoms with Gasteiger partial charge >= 0.3 is 0 Å². The Labute approximate surface area is 129 Å². The molecular formula is C13H22O2Rh2. The molecule has 4 aliphatic carbocycles. The molecule has 2 N–H and O–H groups in total. The predicted molar refractivity (Wildman–Crippen MR) is 58.0 cm³/mol. The fraction of sp³-hybridized carbons (Fsp3) is 1.00. The molecule has 0 aromatic rings. The zero-order chi connectivity index (χ0) is 10.6. The van der Waals surface area contributed by atoms with Crippen molar-refractivity contribution in [3.63, 3.8) is 0 Å². The molecule has 0 amide bonds. The summed E-state index contributed by atoms with van der Waals surface area (Å²) >= 11 is 0. The average Bonchev–Trinajstić information content (AvgIpc) is 2.14. The number of rotatable bonds is 2. The summed E-state index contributed by atoms with van der Waals surface area (Å²) in [6.07, 6.45) is 6.95. The molecule has 2 nitrogen and oxygen atoms in total. The quantitative estimate of drug-likeness (QED) is 0.535. The molecule has 0 spiro atoms. The molecule has 4 heteroatoms. The van der Waals surface area contributed by atoms with Crippen LogP contribution in [0.25, 0.3) is 0 Å². The van der Waals surface area contributed by atoms with E-state index in [1.165, 1.54) is 38.5 Å².